The van der Waals surface area contributed by atoms with Gasteiger partial charge in [0.25, 0.3) is 0 Å². The van der Waals surface area contributed by atoms with Crippen molar-refractivity contribution in [1.82, 2.24) is 9.62 Å². The number of rotatable bonds is 3. The van der Waals surface area contributed by atoms with E-state index in [1.165, 1.54) is 7.05 Å². The van der Waals surface area contributed by atoms with Crippen molar-refractivity contribution in [2.75, 3.05) is 32.4 Å². The summed E-state index contributed by atoms with van der Waals surface area (Å²) in [5, 5.41) is 0. The van der Waals surface area contributed by atoms with Crippen LogP contribution in [0.3, 0.4) is 0 Å². The summed E-state index contributed by atoms with van der Waals surface area (Å²) < 4.78 is 25.5. The minimum absolute atomic E-state index is 0.0800. The van der Waals surface area contributed by atoms with Crippen LogP contribution in [-0.4, -0.2) is 45.8 Å². The van der Waals surface area contributed by atoms with Crippen molar-refractivity contribution < 1.29 is 8.42 Å². The number of nitrogens with one attached hydrogen (secondary N) is 1. The van der Waals surface area contributed by atoms with Crippen molar-refractivity contribution in [1.29, 1.82) is 0 Å². The van der Waals surface area contributed by atoms with Gasteiger partial charge in [-0.1, -0.05) is 0 Å². The Kier molecular flexibility index (Phi) is 2.57. The topological polar surface area (TPSA) is 49.4 Å². The quantitative estimate of drug-likeness (QED) is 0.726. The lowest BCUT2D eigenvalue weighted by atomic mass is 9.74. The second-order valence-corrected chi connectivity index (χ2v) is 6.48. The molecular formula is C9H18N2O2S. The van der Waals surface area contributed by atoms with E-state index in [0.717, 1.165) is 38.9 Å². The Bertz CT molecular complexity index is 291. The van der Waals surface area contributed by atoms with Crippen LogP contribution < -0.4 is 4.72 Å². The highest BCUT2D eigenvalue weighted by Crippen LogP contribution is 2.40. The Labute approximate surface area is 85.7 Å². The molecular weight excluding hydrogens is 200 g/mol. The van der Waals surface area contributed by atoms with Gasteiger partial charge in [-0.3, -0.25) is 0 Å². The molecule has 0 aromatic carbocycles. The minimum Gasteiger partial charge on any atom is -0.303 e. The fourth-order valence-electron chi connectivity index (χ4n) is 2.59. The number of fused-ring (bicyclic) bond motifs is 3. The van der Waals surface area contributed by atoms with E-state index in [0.29, 0.717) is 5.75 Å². The van der Waals surface area contributed by atoms with Crippen molar-refractivity contribution >= 4 is 10.0 Å². The number of sulfonamides is 1. The zero-order valence-electron chi connectivity index (χ0n) is 8.62. The Morgan fingerprint density at radius 1 is 1.21 bits per heavy atom. The highest BCUT2D eigenvalue weighted by atomic mass is 32.2. The van der Waals surface area contributed by atoms with Crippen molar-refractivity contribution in [3.63, 3.8) is 0 Å². The van der Waals surface area contributed by atoms with Crippen LogP contribution >= 0.6 is 0 Å². The molecule has 4 nitrogen and oxygen atoms in total. The lowest BCUT2D eigenvalue weighted by molar-refractivity contribution is 0.0427. The number of hydrogen-bond acceptors (Lipinski definition) is 3. The van der Waals surface area contributed by atoms with E-state index in [-0.39, 0.29) is 5.41 Å². The van der Waals surface area contributed by atoms with Gasteiger partial charge in [0.05, 0.1) is 5.75 Å². The Morgan fingerprint density at radius 2 is 1.71 bits per heavy atom. The van der Waals surface area contributed by atoms with E-state index in [1.54, 1.807) is 0 Å². The standard InChI is InChI=1S/C9H18N2O2S/c1-10-14(12,13)8-9-2-5-11(6-3-9)7-4-9/h10H,2-8H2,1H3. The average molecular weight is 218 g/mol. The highest BCUT2D eigenvalue weighted by molar-refractivity contribution is 7.89. The van der Waals surface area contributed by atoms with Gasteiger partial charge in [0.2, 0.25) is 10.0 Å². The second-order valence-electron chi connectivity index (χ2n) is 4.55. The van der Waals surface area contributed by atoms with E-state index < -0.39 is 10.0 Å². The third-order valence-electron chi connectivity index (χ3n) is 3.68. The molecule has 5 heteroatoms. The normalized spacial score (nSPS) is 37.4. The SMILES string of the molecule is CNS(=O)(=O)CC12CCN(CC1)CC2. The summed E-state index contributed by atoms with van der Waals surface area (Å²) in [7, 11) is -1.53. The molecule has 0 spiro atoms. The van der Waals surface area contributed by atoms with Crippen LogP contribution in [0.2, 0.25) is 0 Å². The molecule has 3 heterocycles. The van der Waals surface area contributed by atoms with Crippen LogP contribution in [0.25, 0.3) is 0 Å². The first-order valence-corrected chi connectivity index (χ1v) is 6.84. The smallest absolute Gasteiger partial charge is 0.211 e. The van der Waals surface area contributed by atoms with Gasteiger partial charge in [-0.25, -0.2) is 13.1 Å². The number of hydrogen-bond donors (Lipinski definition) is 1. The summed E-state index contributed by atoms with van der Waals surface area (Å²) >= 11 is 0. The van der Waals surface area contributed by atoms with E-state index >= 15 is 0 Å². The lowest BCUT2D eigenvalue weighted by Crippen LogP contribution is -2.51. The summed E-state index contributed by atoms with van der Waals surface area (Å²) in [5.74, 6) is 0.324. The molecule has 3 fully saturated rings. The van der Waals surface area contributed by atoms with Gasteiger partial charge in [0.1, 0.15) is 0 Å². The Balaban J connectivity index is 2.09. The van der Waals surface area contributed by atoms with Gasteiger partial charge in [0.15, 0.2) is 0 Å². The van der Waals surface area contributed by atoms with Crippen LogP contribution in [0.15, 0.2) is 0 Å². The molecule has 0 saturated carbocycles. The Morgan fingerprint density at radius 3 is 2.14 bits per heavy atom. The predicted octanol–water partition coefficient (Wildman–Crippen LogP) is 0.0215. The van der Waals surface area contributed by atoms with Crippen LogP contribution in [0.4, 0.5) is 0 Å². The van der Waals surface area contributed by atoms with Crippen molar-refractivity contribution in [3.05, 3.63) is 0 Å². The van der Waals surface area contributed by atoms with E-state index in [9.17, 15) is 8.42 Å². The van der Waals surface area contributed by atoms with Gasteiger partial charge in [-0.2, -0.15) is 0 Å². The van der Waals surface area contributed by atoms with Gasteiger partial charge in [0, 0.05) is 0 Å². The molecule has 2 bridgehead atoms. The minimum atomic E-state index is -3.03. The molecule has 82 valence electrons. The van der Waals surface area contributed by atoms with E-state index in [2.05, 4.69) is 9.62 Å². The second kappa shape index (κ2) is 3.47. The zero-order chi connectivity index (χ0) is 10.2. The molecule has 3 saturated heterocycles. The lowest BCUT2D eigenvalue weighted by Gasteiger charge is -2.48. The van der Waals surface area contributed by atoms with Gasteiger partial charge in [-0.15, -0.1) is 0 Å². The van der Waals surface area contributed by atoms with Crippen molar-refractivity contribution in [2.45, 2.75) is 19.3 Å². The fourth-order valence-corrected chi connectivity index (χ4v) is 3.97. The first kappa shape index (κ1) is 10.4. The first-order valence-electron chi connectivity index (χ1n) is 5.19. The zero-order valence-corrected chi connectivity index (χ0v) is 9.44. The monoisotopic (exact) mass is 218 g/mol. The predicted molar refractivity (Wildman–Crippen MR) is 55.6 cm³/mol. The third-order valence-corrected chi connectivity index (χ3v) is 5.30. The van der Waals surface area contributed by atoms with Crippen molar-refractivity contribution in [2.24, 2.45) is 5.41 Å². The maximum Gasteiger partial charge on any atom is 0.211 e. The maximum absolute atomic E-state index is 11.5. The number of piperidine rings is 3. The van der Waals surface area contributed by atoms with Crippen LogP contribution in [0.1, 0.15) is 19.3 Å². The fraction of sp³-hybridized carbons (Fsp3) is 1.00. The van der Waals surface area contributed by atoms with Crippen LogP contribution in [0, 0.1) is 5.41 Å². The highest BCUT2D eigenvalue weighted by Gasteiger charge is 2.41. The molecule has 0 aliphatic carbocycles. The van der Waals surface area contributed by atoms with Gasteiger partial charge >= 0.3 is 0 Å². The first-order chi connectivity index (χ1) is 6.55. The largest absolute Gasteiger partial charge is 0.303 e. The molecule has 1 N–H and O–H groups in total. The molecule has 0 unspecified atom stereocenters. The molecule has 0 atom stereocenters. The average Bonchev–Trinajstić information content (AvgIpc) is 2.19. The summed E-state index contributed by atoms with van der Waals surface area (Å²) in [5.41, 5.74) is 0.0800. The van der Waals surface area contributed by atoms with Crippen LogP contribution in [0.5, 0.6) is 0 Å². The van der Waals surface area contributed by atoms with E-state index in [4.69, 9.17) is 0 Å². The Hall–Kier alpha value is -0.130. The molecule has 14 heavy (non-hydrogen) atoms. The molecule has 0 aromatic heterocycles. The van der Waals surface area contributed by atoms with Gasteiger partial charge in [-0.05, 0) is 51.4 Å². The summed E-state index contributed by atoms with van der Waals surface area (Å²) in [6, 6.07) is 0. The van der Waals surface area contributed by atoms with Crippen molar-refractivity contribution in [3.8, 4) is 0 Å². The number of nitrogens with zero attached hydrogens (tertiary/aromatic N) is 1. The molecule has 0 amide bonds. The summed E-state index contributed by atoms with van der Waals surface area (Å²) in [4.78, 5) is 2.42. The molecule has 3 aliphatic heterocycles. The molecule has 3 aliphatic rings. The third kappa shape index (κ3) is 1.94. The molecule has 0 aromatic rings. The summed E-state index contributed by atoms with van der Waals surface area (Å²) in [6.07, 6.45) is 3.15. The molecule has 0 radical (unpaired) electrons. The molecule has 3 rings (SSSR count). The summed E-state index contributed by atoms with van der Waals surface area (Å²) in [6.45, 7) is 3.25. The maximum atomic E-state index is 11.5. The van der Waals surface area contributed by atoms with Gasteiger partial charge < -0.3 is 4.90 Å². The van der Waals surface area contributed by atoms with Crippen LogP contribution in [-0.2, 0) is 10.0 Å². The van der Waals surface area contributed by atoms with E-state index in [1.807, 2.05) is 0 Å².